The minimum Gasteiger partial charge on any atom is -0.396 e. The zero-order valence-corrected chi connectivity index (χ0v) is 13.0. The number of halogens is 2. The first-order chi connectivity index (χ1) is 9.70. The quantitative estimate of drug-likeness (QED) is 0.772. The third-order valence-corrected chi connectivity index (χ3v) is 4.64. The van der Waals surface area contributed by atoms with E-state index in [0.717, 1.165) is 6.42 Å². The van der Waals surface area contributed by atoms with E-state index in [9.17, 15) is 17.2 Å². The maximum absolute atomic E-state index is 12.7. The summed E-state index contributed by atoms with van der Waals surface area (Å²) in [6.07, 6.45) is 1.37. The minimum atomic E-state index is -4.63. The van der Waals surface area contributed by atoms with Gasteiger partial charge in [-0.15, -0.1) is 0 Å². The van der Waals surface area contributed by atoms with Gasteiger partial charge in [0.05, 0.1) is 10.6 Å². The van der Waals surface area contributed by atoms with E-state index >= 15 is 0 Å². The summed E-state index contributed by atoms with van der Waals surface area (Å²) >= 11 is 0. The molecule has 1 rings (SSSR count). The van der Waals surface area contributed by atoms with Crippen LogP contribution in [-0.4, -0.2) is 32.4 Å². The first-order valence-corrected chi connectivity index (χ1v) is 8.21. The Kier molecular flexibility index (Phi) is 6.10. The number of hydrogen-bond acceptors (Lipinski definition) is 4. The number of benzene rings is 1. The number of alkyl halides is 2. The zero-order valence-electron chi connectivity index (χ0n) is 12.1. The van der Waals surface area contributed by atoms with Gasteiger partial charge in [0.1, 0.15) is 0 Å². The highest BCUT2D eigenvalue weighted by Gasteiger charge is 2.29. The lowest BCUT2D eigenvalue weighted by atomic mass is 9.88. The molecule has 120 valence electrons. The summed E-state index contributed by atoms with van der Waals surface area (Å²) in [5.41, 5.74) is -0.0142. The Bertz CT molecular complexity index is 559. The lowest BCUT2D eigenvalue weighted by Gasteiger charge is -2.26. The Hall–Kier alpha value is -1.21. The van der Waals surface area contributed by atoms with Crippen molar-refractivity contribution >= 4 is 15.5 Å². The Morgan fingerprint density at radius 1 is 1.29 bits per heavy atom. The summed E-state index contributed by atoms with van der Waals surface area (Å²) in [5, 5.41) is 11.8. The van der Waals surface area contributed by atoms with Crippen molar-refractivity contribution in [2.75, 3.05) is 18.5 Å². The molecule has 0 heterocycles. The second-order valence-corrected chi connectivity index (χ2v) is 7.53. The standard InChI is InChI=1S/C14H21F2NO3S/c1-14(2,8-5-9-18)10-17-11-6-3-4-7-12(11)21(19,20)13(15)16/h3-4,6-7,13,17-18H,5,8-10H2,1-2H3. The number of hydrogen-bond donors (Lipinski definition) is 2. The van der Waals surface area contributed by atoms with Crippen molar-refractivity contribution in [3.63, 3.8) is 0 Å². The number of para-hydroxylation sites is 1. The summed E-state index contributed by atoms with van der Waals surface area (Å²) in [7, 11) is -4.63. The van der Waals surface area contributed by atoms with Gasteiger partial charge in [-0.1, -0.05) is 26.0 Å². The maximum Gasteiger partial charge on any atom is 0.341 e. The zero-order chi connectivity index (χ0) is 16.1. The molecule has 0 atom stereocenters. The lowest BCUT2D eigenvalue weighted by Crippen LogP contribution is -2.24. The molecule has 4 nitrogen and oxygen atoms in total. The molecule has 1 aromatic rings. The van der Waals surface area contributed by atoms with Gasteiger partial charge in [0, 0.05) is 13.2 Å². The van der Waals surface area contributed by atoms with Crippen LogP contribution in [0.4, 0.5) is 14.5 Å². The smallest absolute Gasteiger partial charge is 0.341 e. The van der Waals surface area contributed by atoms with E-state index in [1.165, 1.54) is 18.2 Å². The molecule has 0 aliphatic carbocycles. The highest BCUT2D eigenvalue weighted by atomic mass is 32.2. The van der Waals surface area contributed by atoms with E-state index in [2.05, 4.69) is 5.32 Å². The number of anilines is 1. The Morgan fingerprint density at radius 3 is 2.48 bits per heavy atom. The summed E-state index contributed by atoms with van der Waals surface area (Å²) in [4.78, 5) is -0.391. The first kappa shape index (κ1) is 17.8. The molecule has 0 bridgehead atoms. The van der Waals surface area contributed by atoms with Crippen molar-refractivity contribution in [2.24, 2.45) is 5.41 Å². The topological polar surface area (TPSA) is 66.4 Å². The van der Waals surface area contributed by atoms with Crippen LogP contribution in [0.25, 0.3) is 0 Å². The SMILES string of the molecule is CC(C)(CCCO)CNc1ccccc1S(=O)(=O)C(F)F. The van der Waals surface area contributed by atoms with Gasteiger partial charge in [-0.3, -0.25) is 0 Å². The fourth-order valence-corrected chi connectivity index (χ4v) is 2.84. The molecule has 2 N–H and O–H groups in total. The Morgan fingerprint density at radius 2 is 1.90 bits per heavy atom. The van der Waals surface area contributed by atoms with Gasteiger partial charge in [-0.25, -0.2) is 8.42 Å². The number of aliphatic hydroxyl groups excluding tert-OH is 1. The van der Waals surface area contributed by atoms with E-state index in [4.69, 9.17) is 5.11 Å². The fourth-order valence-electron chi connectivity index (χ4n) is 1.94. The van der Waals surface area contributed by atoms with Crippen LogP contribution >= 0.6 is 0 Å². The Labute approximate surface area is 124 Å². The predicted molar refractivity (Wildman–Crippen MR) is 78.2 cm³/mol. The number of aliphatic hydroxyl groups is 1. The molecule has 0 spiro atoms. The van der Waals surface area contributed by atoms with Crippen LogP contribution in [0.1, 0.15) is 26.7 Å². The van der Waals surface area contributed by atoms with E-state index < -0.39 is 20.5 Å². The second kappa shape index (κ2) is 7.17. The fraction of sp³-hybridized carbons (Fsp3) is 0.571. The minimum absolute atomic E-state index is 0.0831. The molecule has 1 aromatic carbocycles. The van der Waals surface area contributed by atoms with Crippen molar-refractivity contribution in [2.45, 2.75) is 37.3 Å². The molecule has 0 radical (unpaired) electrons. The maximum atomic E-state index is 12.7. The second-order valence-electron chi connectivity index (χ2n) is 5.65. The van der Waals surface area contributed by atoms with Gasteiger partial charge in [0.2, 0.25) is 9.84 Å². The molecule has 0 aliphatic heterocycles. The number of nitrogens with one attached hydrogen (secondary N) is 1. The largest absolute Gasteiger partial charge is 0.396 e. The van der Waals surface area contributed by atoms with Crippen molar-refractivity contribution in [3.8, 4) is 0 Å². The average Bonchev–Trinajstić information content (AvgIpc) is 2.43. The van der Waals surface area contributed by atoms with Crippen LogP contribution in [-0.2, 0) is 9.84 Å². The molecular weight excluding hydrogens is 300 g/mol. The van der Waals surface area contributed by atoms with Gasteiger partial charge in [0.15, 0.2) is 0 Å². The van der Waals surface area contributed by atoms with Crippen LogP contribution in [0, 0.1) is 5.41 Å². The third-order valence-electron chi connectivity index (χ3n) is 3.20. The molecule has 0 aromatic heterocycles. The number of rotatable bonds is 8. The molecule has 0 unspecified atom stereocenters. The monoisotopic (exact) mass is 321 g/mol. The molecule has 21 heavy (non-hydrogen) atoms. The summed E-state index contributed by atoms with van der Waals surface area (Å²) < 4.78 is 48.6. The normalized spacial score (nSPS) is 12.7. The summed E-state index contributed by atoms with van der Waals surface area (Å²) in [6.45, 7) is 4.42. The van der Waals surface area contributed by atoms with Crippen molar-refractivity contribution in [3.05, 3.63) is 24.3 Å². The highest BCUT2D eigenvalue weighted by Crippen LogP contribution is 2.28. The molecule has 0 saturated heterocycles. The molecule has 0 aliphatic rings. The number of sulfone groups is 1. The first-order valence-electron chi connectivity index (χ1n) is 6.66. The van der Waals surface area contributed by atoms with Crippen LogP contribution in [0.15, 0.2) is 29.2 Å². The van der Waals surface area contributed by atoms with Crippen LogP contribution in [0.5, 0.6) is 0 Å². The van der Waals surface area contributed by atoms with E-state index in [1.807, 2.05) is 13.8 Å². The summed E-state index contributed by atoms with van der Waals surface area (Å²) in [5.74, 6) is -3.44. The third kappa shape index (κ3) is 4.93. The Balaban J connectivity index is 2.91. The van der Waals surface area contributed by atoms with Crippen LogP contribution in [0.2, 0.25) is 0 Å². The van der Waals surface area contributed by atoms with Crippen LogP contribution < -0.4 is 5.32 Å². The van der Waals surface area contributed by atoms with Gasteiger partial charge < -0.3 is 10.4 Å². The highest BCUT2D eigenvalue weighted by molar-refractivity contribution is 7.91. The van der Waals surface area contributed by atoms with E-state index in [0.29, 0.717) is 13.0 Å². The van der Waals surface area contributed by atoms with Crippen molar-refractivity contribution in [1.29, 1.82) is 0 Å². The molecular formula is C14H21F2NO3S. The van der Waals surface area contributed by atoms with E-state index in [1.54, 1.807) is 6.07 Å². The van der Waals surface area contributed by atoms with E-state index in [-0.39, 0.29) is 17.7 Å². The van der Waals surface area contributed by atoms with Gasteiger partial charge in [-0.05, 0) is 30.4 Å². The molecule has 0 amide bonds. The van der Waals surface area contributed by atoms with Crippen molar-refractivity contribution < 1.29 is 22.3 Å². The van der Waals surface area contributed by atoms with Crippen LogP contribution in [0.3, 0.4) is 0 Å². The molecule has 0 fully saturated rings. The van der Waals surface area contributed by atoms with Crippen molar-refractivity contribution in [1.82, 2.24) is 0 Å². The van der Waals surface area contributed by atoms with Gasteiger partial charge in [0.25, 0.3) is 0 Å². The average molecular weight is 321 g/mol. The molecule has 0 saturated carbocycles. The molecule has 7 heteroatoms. The van der Waals surface area contributed by atoms with Gasteiger partial charge in [-0.2, -0.15) is 8.78 Å². The van der Waals surface area contributed by atoms with Gasteiger partial charge >= 0.3 is 5.76 Å². The summed E-state index contributed by atoms with van der Waals surface area (Å²) in [6, 6.07) is 5.65. The predicted octanol–water partition coefficient (Wildman–Crippen LogP) is 2.89. The lowest BCUT2D eigenvalue weighted by molar-refractivity contribution is 0.234.